The zero-order valence-electron chi connectivity index (χ0n) is 15.8. The van der Waals surface area contributed by atoms with Crippen molar-refractivity contribution in [3.05, 3.63) is 70.2 Å². The molecule has 0 bridgehead atoms. The Kier molecular flexibility index (Phi) is 6.08. The van der Waals surface area contributed by atoms with Gasteiger partial charge in [0.15, 0.2) is 6.61 Å². The molecule has 0 aliphatic rings. The third kappa shape index (κ3) is 4.73. The van der Waals surface area contributed by atoms with Gasteiger partial charge in [-0.1, -0.05) is 11.6 Å². The fourth-order valence-corrected chi connectivity index (χ4v) is 2.98. The SMILES string of the molecule is Cc1oc(-n2cccc2)c(C#N)c1C(=O)OCC(=O)Nc1ccc(Cl)c(C(F)(F)F)c1. The Hall–Kier alpha value is -3.71. The van der Waals surface area contributed by atoms with Gasteiger partial charge in [-0.15, -0.1) is 0 Å². The maximum absolute atomic E-state index is 12.9. The minimum absolute atomic E-state index is 0.0772. The third-order valence-corrected chi connectivity index (χ3v) is 4.44. The maximum Gasteiger partial charge on any atom is 0.417 e. The molecule has 2 aromatic heterocycles. The van der Waals surface area contributed by atoms with Crippen LogP contribution >= 0.6 is 11.6 Å². The van der Waals surface area contributed by atoms with Crippen molar-refractivity contribution >= 4 is 29.2 Å². The zero-order valence-corrected chi connectivity index (χ0v) is 16.5. The van der Waals surface area contributed by atoms with Gasteiger partial charge in [0, 0.05) is 18.1 Å². The lowest BCUT2D eigenvalue weighted by molar-refractivity contribution is -0.137. The summed E-state index contributed by atoms with van der Waals surface area (Å²) in [6.45, 7) is 0.661. The number of alkyl halides is 3. The molecule has 0 atom stereocenters. The first-order valence-corrected chi connectivity index (χ1v) is 9.00. The van der Waals surface area contributed by atoms with E-state index in [-0.39, 0.29) is 28.5 Å². The van der Waals surface area contributed by atoms with Crippen molar-refractivity contribution in [3.63, 3.8) is 0 Å². The summed E-state index contributed by atoms with van der Waals surface area (Å²) in [6, 6.07) is 8.10. The molecule has 0 saturated carbocycles. The van der Waals surface area contributed by atoms with Crippen LogP contribution < -0.4 is 5.32 Å². The lowest BCUT2D eigenvalue weighted by Gasteiger charge is -2.12. The average Bonchev–Trinajstić information content (AvgIpc) is 3.34. The summed E-state index contributed by atoms with van der Waals surface area (Å²) in [6.07, 6.45) is -1.47. The predicted octanol–water partition coefficient (Wildman–Crippen LogP) is 4.72. The summed E-state index contributed by atoms with van der Waals surface area (Å²) in [4.78, 5) is 24.5. The Balaban J connectivity index is 1.71. The number of halogens is 4. The number of hydrogen-bond donors (Lipinski definition) is 1. The molecule has 31 heavy (non-hydrogen) atoms. The van der Waals surface area contributed by atoms with Crippen LogP contribution in [0.5, 0.6) is 0 Å². The summed E-state index contributed by atoms with van der Waals surface area (Å²) < 4.78 is 50.6. The molecule has 1 N–H and O–H groups in total. The quantitative estimate of drug-likeness (QED) is 0.566. The van der Waals surface area contributed by atoms with Crippen molar-refractivity contribution in [2.45, 2.75) is 13.1 Å². The van der Waals surface area contributed by atoms with E-state index in [0.29, 0.717) is 6.07 Å². The van der Waals surface area contributed by atoms with Crippen LogP contribution in [0, 0.1) is 18.3 Å². The smallest absolute Gasteiger partial charge is 0.417 e. The number of furan rings is 1. The number of benzene rings is 1. The van der Waals surface area contributed by atoms with Gasteiger partial charge in [0.05, 0.1) is 10.6 Å². The molecule has 3 rings (SSSR count). The van der Waals surface area contributed by atoms with E-state index < -0.39 is 35.2 Å². The van der Waals surface area contributed by atoms with Gasteiger partial charge in [-0.05, 0) is 37.3 Å². The second-order valence-electron chi connectivity index (χ2n) is 6.23. The number of amides is 1. The van der Waals surface area contributed by atoms with Crippen LogP contribution in [0.25, 0.3) is 5.88 Å². The van der Waals surface area contributed by atoms with Crippen LogP contribution in [0.3, 0.4) is 0 Å². The second kappa shape index (κ2) is 8.57. The predicted molar refractivity (Wildman–Crippen MR) is 103 cm³/mol. The van der Waals surface area contributed by atoms with Crippen molar-refractivity contribution in [1.82, 2.24) is 4.57 Å². The van der Waals surface area contributed by atoms with Crippen LogP contribution in [-0.4, -0.2) is 23.1 Å². The number of nitrogens with zero attached hydrogens (tertiary/aromatic N) is 2. The van der Waals surface area contributed by atoms with Crippen LogP contribution in [-0.2, 0) is 15.7 Å². The highest BCUT2D eigenvalue weighted by molar-refractivity contribution is 6.31. The standard InChI is InChI=1S/C20H13ClF3N3O4/c1-11-17(13(9-25)18(31-11)27-6-2-3-7-27)19(29)30-10-16(28)26-12-4-5-15(21)14(8-12)20(22,23)24/h2-8H,10H2,1H3,(H,26,28). The number of anilines is 1. The van der Waals surface area contributed by atoms with Gasteiger partial charge in [0.25, 0.3) is 5.91 Å². The Bertz CT molecular complexity index is 1180. The van der Waals surface area contributed by atoms with Gasteiger partial charge in [0.1, 0.15) is 23.0 Å². The third-order valence-electron chi connectivity index (χ3n) is 4.11. The molecule has 0 radical (unpaired) electrons. The molecule has 0 spiro atoms. The summed E-state index contributed by atoms with van der Waals surface area (Å²) >= 11 is 5.53. The van der Waals surface area contributed by atoms with Gasteiger partial charge in [-0.2, -0.15) is 18.4 Å². The van der Waals surface area contributed by atoms with Crippen molar-refractivity contribution in [2.75, 3.05) is 11.9 Å². The fourth-order valence-electron chi connectivity index (χ4n) is 2.75. The van der Waals surface area contributed by atoms with Gasteiger partial charge >= 0.3 is 12.1 Å². The molecular weight excluding hydrogens is 439 g/mol. The first-order valence-electron chi connectivity index (χ1n) is 8.62. The van der Waals surface area contributed by atoms with Crippen molar-refractivity contribution in [3.8, 4) is 12.0 Å². The van der Waals surface area contributed by atoms with Crippen molar-refractivity contribution in [1.29, 1.82) is 5.26 Å². The molecule has 0 aliphatic heterocycles. The topological polar surface area (TPSA) is 97.3 Å². The van der Waals surface area contributed by atoms with E-state index in [4.69, 9.17) is 20.8 Å². The molecule has 7 nitrogen and oxygen atoms in total. The Morgan fingerprint density at radius 1 is 1.29 bits per heavy atom. The van der Waals surface area contributed by atoms with Crippen LogP contribution in [0.1, 0.15) is 27.2 Å². The summed E-state index contributed by atoms with van der Waals surface area (Å²) in [7, 11) is 0. The Morgan fingerprint density at radius 3 is 2.58 bits per heavy atom. The number of hydrogen-bond acceptors (Lipinski definition) is 5. The van der Waals surface area contributed by atoms with E-state index in [1.165, 1.54) is 17.6 Å². The van der Waals surface area contributed by atoms with E-state index in [9.17, 15) is 28.0 Å². The van der Waals surface area contributed by atoms with Gasteiger partial charge in [0.2, 0.25) is 5.88 Å². The van der Waals surface area contributed by atoms with Crippen molar-refractivity contribution < 1.29 is 31.9 Å². The van der Waals surface area contributed by atoms with Gasteiger partial charge in [-0.3, -0.25) is 9.36 Å². The highest BCUT2D eigenvalue weighted by Crippen LogP contribution is 2.36. The van der Waals surface area contributed by atoms with Gasteiger partial charge < -0.3 is 14.5 Å². The van der Waals surface area contributed by atoms with Crippen molar-refractivity contribution in [2.24, 2.45) is 0 Å². The zero-order chi connectivity index (χ0) is 22.8. The van der Waals surface area contributed by atoms with Gasteiger partial charge in [-0.25, -0.2) is 4.79 Å². The number of nitrogens with one attached hydrogen (secondary N) is 1. The lowest BCUT2D eigenvalue weighted by Crippen LogP contribution is -2.21. The van der Waals surface area contributed by atoms with E-state index in [2.05, 4.69) is 5.32 Å². The second-order valence-corrected chi connectivity index (χ2v) is 6.64. The molecule has 2 heterocycles. The van der Waals surface area contributed by atoms with Crippen LogP contribution in [0.2, 0.25) is 5.02 Å². The highest BCUT2D eigenvalue weighted by atomic mass is 35.5. The number of nitriles is 1. The molecular formula is C20H13ClF3N3O4. The molecule has 0 aliphatic carbocycles. The van der Waals surface area contributed by atoms with E-state index in [1.54, 1.807) is 24.5 Å². The first kappa shape index (κ1) is 22.0. The summed E-state index contributed by atoms with van der Waals surface area (Å²) in [5.41, 5.74) is -1.52. The van der Waals surface area contributed by atoms with E-state index >= 15 is 0 Å². The van der Waals surface area contributed by atoms with E-state index in [0.717, 1.165) is 6.07 Å². The van der Waals surface area contributed by atoms with E-state index in [1.807, 2.05) is 6.07 Å². The van der Waals surface area contributed by atoms with Crippen LogP contribution in [0.4, 0.5) is 18.9 Å². The number of rotatable bonds is 5. The minimum atomic E-state index is -4.70. The largest absolute Gasteiger partial charge is 0.452 e. The highest BCUT2D eigenvalue weighted by Gasteiger charge is 2.33. The normalized spacial score (nSPS) is 11.1. The molecule has 0 saturated heterocycles. The summed E-state index contributed by atoms with van der Waals surface area (Å²) in [5.74, 6) is -1.65. The molecule has 1 aromatic carbocycles. The lowest BCUT2D eigenvalue weighted by atomic mass is 10.1. The maximum atomic E-state index is 12.9. The number of ether oxygens (including phenoxy) is 1. The number of carbonyl (C=O) groups excluding carboxylic acids is 2. The number of carbonyl (C=O) groups is 2. The molecule has 1 amide bonds. The molecule has 11 heteroatoms. The fraction of sp³-hybridized carbons (Fsp3) is 0.150. The Morgan fingerprint density at radius 2 is 1.97 bits per heavy atom. The molecule has 0 fully saturated rings. The van der Waals surface area contributed by atoms with Crippen LogP contribution in [0.15, 0.2) is 47.1 Å². The number of aryl methyl sites for hydroxylation is 1. The average molecular weight is 452 g/mol. The number of aromatic nitrogens is 1. The first-order chi connectivity index (χ1) is 14.6. The number of esters is 1. The Labute approximate surface area is 178 Å². The minimum Gasteiger partial charge on any atom is -0.452 e. The molecule has 160 valence electrons. The monoisotopic (exact) mass is 451 g/mol. The molecule has 3 aromatic rings. The summed E-state index contributed by atoms with van der Waals surface area (Å²) in [5, 5.41) is 11.1. The molecule has 0 unspecified atom stereocenters.